The molecule has 0 radical (unpaired) electrons. The zero-order valence-corrected chi connectivity index (χ0v) is 15.0. The Balaban J connectivity index is 1.41. The van der Waals surface area contributed by atoms with Gasteiger partial charge in [-0.25, -0.2) is 4.98 Å². The molecular weight excluding hydrogens is 328 g/mol. The molecule has 26 heavy (non-hydrogen) atoms. The number of aromatic amines is 1. The maximum absolute atomic E-state index is 12.8. The van der Waals surface area contributed by atoms with Crippen molar-refractivity contribution in [3.63, 3.8) is 0 Å². The van der Waals surface area contributed by atoms with Crippen LogP contribution in [0.3, 0.4) is 0 Å². The number of nitrogens with one attached hydrogen (secondary N) is 1. The number of ether oxygens (including phenoxy) is 1. The van der Waals surface area contributed by atoms with E-state index in [1.807, 2.05) is 47.8 Å². The third-order valence-corrected chi connectivity index (χ3v) is 5.23. The van der Waals surface area contributed by atoms with Crippen LogP contribution in [0.5, 0.6) is 0 Å². The number of benzene rings is 1. The number of piperidine rings is 1. The van der Waals surface area contributed by atoms with E-state index < -0.39 is 0 Å². The molecule has 0 aliphatic carbocycles. The zero-order valence-electron chi connectivity index (χ0n) is 15.0. The van der Waals surface area contributed by atoms with Crippen molar-refractivity contribution in [1.82, 2.24) is 19.4 Å². The van der Waals surface area contributed by atoms with E-state index in [9.17, 15) is 4.79 Å². The molecule has 4 rings (SSSR count). The van der Waals surface area contributed by atoms with Crippen LogP contribution in [0.1, 0.15) is 34.9 Å². The SMILES string of the molecule is COCCn1ccnc1C1CCN(C(=O)c2ccc3cc[nH]c3c2)CC1. The van der Waals surface area contributed by atoms with Crippen LogP contribution in [0.2, 0.25) is 0 Å². The van der Waals surface area contributed by atoms with Crippen molar-refractivity contribution >= 4 is 16.8 Å². The van der Waals surface area contributed by atoms with Gasteiger partial charge in [-0.3, -0.25) is 4.79 Å². The van der Waals surface area contributed by atoms with E-state index in [-0.39, 0.29) is 5.91 Å². The monoisotopic (exact) mass is 352 g/mol. The fourth-order valence-electron chi connectivity index (χ4n) is 3.76. The van der Waals surface area contributed by atoms with Crippen molar-refractivity contribution < 1.29 is 9.53 Å². The van der Waals surface area contributed by atoms with Gasteiger partial charge in [-0.2, -0.15) is 0 Å². The number of carbonyl (C=O) groups is 1. The lowest BCUT2D eigenvalue weighted by Crippen LogP contribution is -2.38. The van der Waals surface area contributed by atoms with Gasteiger partial charge in [0.25, 0.3) is 5.91 Å². The maximum atomic E-state index is 12.8. The summed E-state index contributed by atoms with van der Waals surface area (Å²) in [5.74, 6) is 1.63. The second-order valence-corrected chi connectivity index (χ2v) is 6.82. The van der Waals surface area contributed by atoms with E-state index >= 15 is 0 Å². The highest BCUT2D eigenvalue weighted by molar-refractivity contribution is 5.98. The lowest BCUT2D eigenvalue weighted by molar-refractivity contribution is 0.0710. The number of hydrogen-bond donors (Lipinski definition) is 1. The van der Waals surface area contributed by atoms with E-state index in [0.29, 0.717) is 12.5 Å². The maximum Gasteiger partial charge on any atom is 0.253 e. The van der Waals surface area contributed by atoms with Crippen LogP contribution in [0.4, 0.5) is 0 Å². The number of imidazole rings is 1. The van der Waals surface area contributed by atoms with Gasteiger partial charge in [-0.15, -0.1) is 0 Å². The van der Waals surface area contributed by atoms with E-state index in [1.54, 1.807) is 7.11 Å². The summed E-state index contributed by atoms with van der Waals surface area (Å²) in [6.45, 7) is 3.04. The number of hydrogen-bond acceptors (Lipinski definition) is 3. The molecular formula is C20H24N4O2. The second-order valence-electron chi connectivity index (χ2n) is 6.82. The Morgan fingerprint density at radius 1 is 1.31 bits per heavy atom. The van der Waals surface area contributed by atoms with E-state index in [4.69, 9.17) is 4.74 Å². The molecule has 6 nitrogen and oxygen atoms in total. The predicted octanol–water partition coefficient (Wildman–Crippen LogP) is 3.03. The van der Waals surface area contributed by atoms with Crippen LogP contribution in [0.25, 0.3) is 10.9 Å². The molecule has 2 aromatic heterocycles. The van der Waals surface area contributed by atoms with Gasteiger partial charge < -0.3 is 19.2 Å². The van der Waals surface area contributed by atoms with Crippen molar-refractivity contribution in [1.29, 1.82) is 0 Å². The normalized spacial score (nSPS) is 15.7. The summed E-state index contributed by atoms with van der Waals surface area (Å²) in [6, 6.07) is 7.88. The first-order chi connectivity index (χ1) is 12.8. The fraction of sp³-hybridized carbons (Fsp3) is 0.400. The number of aromatic nitrogens is 3. The molecule has 1 amide bonds. The largest absolute Gasteiger partial charge is 0.383 e. The Kier molecular flexibility index (Phi) is 4.75. The summed E-state index contributed by atoms with van der Waals surface area (Å²) in [7, 11) is 1.71. The minimum Gasteiger partial charge on any atom is -0.383 e. The molecule has 1 aliphatic rings. The summed E-state index contributed by atoms with van der Waals surface area (Å²) in [5, 5.41) is 1.13. The molecule has 0 unspecified atom stereocenters. The summed E-state index contributed by atoms with van der Waals surface area (Å²) >= 11 is 0. The molecule has 1 aromatic carbocycles. The van der Waals surface area contributed by atoms with Gasteiger partial charge >= 0.3 is 0 Å². The highest BCUT2D eigenvalue weighted by Crippen LogP contribution is 2.28. The molecule has 3 aromatic rings. The summed E-state index contributed by atoms with van der Waals surface area (Å²) in [5.41, 5.74) is 1.76. The molecule has 0 atom stereocenters. The van der Waals surface area contributed by atoms with Gasteiger partial charge in [0, 0.05) is 62.3 Å². The Bertz CT molecular complexity index is 890. The number of H-pyrrole nitrogens is 1. The van der Waals surface area contributed by atoms with Crippen molar-refractivity contribution in [2.75, 3.05) is 26.8 Å². The van der Waals surface area contributed by atoms with Crippen molar-refractivity contribution in [2.24, 2.45) is 0 Å². The first-order valence-electron chi connectivity index (χ1n) is 9.12. The fourth-order valence-corrected chi connectivity index (χ4v) is 3.76. The van der Waals surface area contributed by atoms with Crippen LogP contribution in [-0.4, -0.2) is 52.1 Å². The average molecular weight is 352 g/mol. The Morgan fingerprint density at radius 3 is 2.96 bits per heavy atom. The average Bonchev–Trinajstić information content (AvgIpc) is 3.34. The summed E-state index contributed by atoms with van der Waals surface area (Å²) < 4.78 is 7.35. The van der Waals surface area contributed by atoms with Gasteiger partial charge in [-0.1, -0.05) is 6.07 Å². The first kappa shape index (κ1) is 16.8. The van der Waals surface area contributed by atoms with Gasteiger partial charge in [0.05, 0.1) is 6.61 Å². The molecule has 0 spiro atoms. The van der Waals surface area contributed by atoms with E-state index in [1.165, 1.54) is 0 Å². The quantitative estimate of drug-likeness (QED) is 0.768. The molecule has 0 bridgehead atoms. The van der Waals surface area contributed by atoms with Crippen LogP contribution in [0, 0.1) is 0 Å². The highest BCUT2D eigenvalue weighted by Gasteiger charge is 2.27. The molecule has 136 valence electrons. The smallest absolute Gasteiger partial charge is 0.253 e. The molecule has 1 aliphatic heterocycles. The number of rotatable bonds is 5. The lowest BCUT2D eigenvalue weighted by Gasteiger charge is -2.32. The molecule has 1 N–H and O–H groups in total. The zero-order chi connectivity index (χ0) is 17.9. The van der Waals surface area contributed by atoms with Gasteiger partial charge in [0.15, 0.2) is 0 Å². The summed E-state index contributed by atoms with van der Waals surface area (Å²) in [4.78, 5) is 22.5. The second kappa shape index (κ2) is 7.33. The number of amides is 1. The Labute approximate surface area is 152 Å². The summed E-state index contributed by atoms with van der Waals surface area (Å²) in [6.07, 6.45) is 7.66. The third-order valence-electron chi connectivity index (χ3n) is 5.23. The van der Waals surface area contributed by atoms with Crippen LogP contribution in [0.15, 0.2) is 42.9 Å². The topological polar surface area (TPSA) is 63.1 Å². The number of fused-ring (bicyclic) bond motifs is 1. The Hall–Kier alpha value is -2.60. The van der Waals surface area contributed by atoms with Gasteiger partial charge in [0.2, 0.25) is 0 Å². The molecule has 1 fully saturated rings. The van der Waals surface area contributed by atoms with Crippen LogP contribution >= 0.6 is 0 Å². The molecule has 0 saturated carbocycles. The highest BCUT2D eigenvalue weighted by atomic mass is 16.5. The van der Waals surface area contributed by atoms with Crippen molar-refractivity contribution in [3.8, 4) is 0 Å². The van der Waals surface area contributed by atoms with E-state index in [0.717, 1.165) is 54.8 Å². The van der Waals surface area contributed by atoms with Crippen molar-refractivity contribution in [2.45, 2.75) is 25.3 Å². The van der Waals surface area contributed by atoms with Gasteiger partial charge in [0.1, 0.15) is 5.82 Å². The van der Waals surface area contributed by atoms with Crippen molar-refractivity contribution in [3.05, 3.63) is 54.2 Å². The van der Waals surface area contributed by atoms with Crippen LogP contribution in [-0.2, 0) is 11.3 Å². The number of likely N-dealkylation sites (tertiary alicyclic amines) is 1. The molecule has 1 saturated heterocycles. The lowest BCUT2D eigenvalue weighted by atomic mass is 9.95. The van der Waals surface area contributed by atoms with Crippen LogP contribution < -0.4 is 0 Å². The minimum absolute atomic E-state index is 0.114. The number of carbonyl (C=O) groups excluding carboxylic acids is 1. The Morgan fingerprint density at radius 2 is 2.15 bits per heavy atom. The number of nitrogens with zero attached hydrogens (tertiary/aromatic N) is 3. The van der Waals surface area contributed by atoms with Gasteiger partial charge in [-0.05, 0) is 36.4 Å². The predicted molar refractivity (Wildman–Crippen MR) is 100 cm³/mol. The first-order valence-corrected chi connectivity index (χ1v) is 9.12. The molecule has 3 heterocycles. The molecule has 6 heteroatoms. The third kappa shape index (κ3) is 3.24. The number of methoxy groups -OCH3 is 1. The minimum atomic E-state index is 0.114. The van der Waals surface area contributed by atoms with E-state index in [2.05, 4.69) is 14.5 Å². The standard InChI is InChI=1S/C20H24N4O2/c1-26-13-12-23-11-8-22-19(23)16-5-9-24(10-6-16)20(25)17-3-2-15-4-7-21-18(15)14-17/h2-4,7-8,11,14,16,21H,5-6,9-10,12-13H2,1H3.